The largest absolute Gasteiger partial charge is 0.384 e. The molecule has 2 heterocycles. The molecular formula is C13H18N4. The first kappa shape index (κ1) is 13.1. The van der Waals surface area contributed by atoms with Crippen molar-refractivity contribution in [3.05, 3.63) is 36.3 Å². The van der Waals surface area contributed by atoms with Crippen molar-refractivity contribution in [3.63, 3.8) is 0 Å². The van der Waals surface area contributed by atoms with Crippen molar-refractivity contribution in [3.8, 4) is 11.4 Å². The molecular weight excluding hydrogens is 212 g/mol. The minimum Gasteiger partial charge on any atom is -0.384 e. The van der Waals surface area contributed by atoms with Crippen LogP contribution in [0.15, 0.2) is 30.6 Å². The molecule has 2 aromatic rings. The number of nitrogen functional groups attached to an aromatic ring is 1. The van der Waals surface area contributed by atoms with Crippen LogP contribution >= 0.6 is 0 Å². The van der Waals surface area contributed by atoms with E-state index in [0.717, 1.165) is 23.5 Å². The van der Waals surface area contributed by atoms with Gasteiger partial charge >= 0.3 is 0 Å². The van der Waals surface area contributed by atoms with E-state index in [9.17, 15) is 0 Å². The highest BCUT2D eigenvalue weighted by Crippen LogP contribution is 2.14. The van der Waals surface area contributed by atoms with Crippen LogP contribution in [0.3, 0.4) is 0 Å². The molecule has 0 saturated carbocycles. The van der Waals surface area contributed by atoms with Gasteiger partial charge < -0.3 is 5.73 Å². The van der Waals surface area contributed by atoms with Gasteiger partial charge in [-0.25, -0.2) is 4.98 Å². The number of hydrogen-bond donors (Lipinski definition) is 1. The van der Waals surface area contributed by atoms with Crippen molar-refractivity contribution in [2.75, 3.05) is 5.73 Å². The second-order valence-corrected chi connectivity index (χ2v) is 3.19. The van der Waals surface area contributed by atoms with Gasteiger partial charge in [0, 0.05) is 6.20 Å². The molecule has 0 saturated heterocycles. The second kappa shape index (κ2) is 6.58. The maximum Gasteiger partial charge on any atom is 0.124 e. The van der Waals surface area contributed by atoms with Gasteiger partial charge in [0.25, 0.3) is 0 Å². The van der Waals surface area contributed by atoms with E-state index >= 15 is 0 Å². The maximum atomic E-state index is 5.59. The number of nitrogens with zero attached hydrogens (tertiary/aromatic N) is 3. The third-order valence-corrected chi connectivity index (χ3v) is 2.10. The Balaban J connectivity index is 0.000000686. The zero-order valence-electron chi connectivity index (χ0n) is 10.5. The van der Waals surface area contributed by atoms with Crippen LogP contribution in [-0.4, -0.2) is 15.0 Å². The minimum atomic E-state index is 0.494. The number of aryl methyl sites for hydroxylation is 1. The quantitative estimate of drug-likeness (QED) is 0.861. The molecule has 2 aromatic heterocycles. The van der Waals surface area contributed by atoms with Crippen molar-refractivity contribution in [1.29, 1.82) is 0 Å². The molecule has 0 radical (unpaired) electrons. The Kier molecular flexibility index (Phi) is 5.07. The highest BCUT2D eigenvalue weighted by atomic mass is 14.9. The van der Waals surface area contributed by atoms with Gasteiger partial charge in [-0.15, -0.1) is 0 Å². The fourth-order valence-electron chi connectivity index (χ4n) is 1.26. The van der Waals surface area contributed by atoms with Gasteiger partial charge in [-0.2, -0.15) is 0 Å². The number of nitrogens with two attached hydrogens (primary N) is 1. The lowest BCUT2D eigenvalue weighted by Crippen LogP contribution is -1.95. The smallest absolute Gasteiger partial charge is 0.124 e. The Hall–Kier alpha value is -1.97. The second-order valence-electron chi connectivity index (χ2n) is 3.19. The molecule has 17 heavy (non-hydrogen) atoms. The Morgan fingerprint density at radius 1 is 1.06 bits per heavy atom. The van der Waals surface area contributed by atoms with E-state index < -0.39 is 0 Å². The number of anilines is 1. The van der Waals surface area contributed by atoms with Gasteiger partial charge in [0.2, 0.25) is 0 Å². The third kappa shape index (κ3) is 3.52. The lowest BCUT2D eigenvalue weighted by molar-refractivity contribution is 1.000. The van der Waals surface area contributed by atoms with Crippen LogP contribution in [0.25, 0.3) is 11.4 Å². The molecule has 4 nitrogen and oxygen atoms in total. The first-order valence-corrected chi connectivity index (χ1v) is 5.83. The molecule has 0 amide bonds. The molecule has 0 aliphatic carbocycles. The van der Waals surface area contributed by atoms with Crippen LogP contribution in [0.2, 0.25) is 0 Å². The summed E-state index contributed by atoms with van der Waals surface area (Å²) in [4.78, 5) is 12.7. The predicted molar refractivity (Wildman–Crippen MR) is 70.4 cm³/mol. The topological polar surface area (TPSA) is 64.7 Å². The van der Waals surface area contributed by atoms with Gasteiger partial charge in [-0.3, -0.25) is 9.97 Å². The lowest BCUT2D eigenvalue weighted by atomic mass is 10.2. The third-order valence-electron chi connectivity index (χ3n) is 2.10. The fraction of sp³-hybridized carbons (Fsp3) is 0.308. The van der Waals surface area contributed by atoms with E-state index in [1.165, 1.54) is 0 Å². The van der Waals surface area contributed by atoms with Gasteiger partial charge in [0.05, 0.1) is 17.6 Å². The van der Waals surface area contributed by atoms with Crippen LogP contribution in [0.5, 0.6) is 0 Å². The van der Waals surface area contributed by atoms with Crippen molar-refractivity contribution in [1.82, 2.24) is 15.0 Å². The van der Waals surface area contributed by atoms with Crippen molar-refractivity contribution in [2.45, 2.75) is 27.2 Å². The summed E-state index contributed by atoms with van der Waals surface area (Å²) in [7, 11) is 0. The van der Waals surface area contributed by atoms with E-state index in [4.69, 9.17) is 5.73 Å². The molecule has 2 N–H and O–H groups in total. The summed E-state index contributed by atoms with van der Waals surface area (Å²) in [6.07, 6.45) is 4.37. The van der Waals surface area contributed by atoms with E-state index in [0.29, 0.717) is 5.82 Å². The Morgan fingerprint density at radius 2 is 1.82 bits per heavy atom. The average Bonchev–Trinajstić information content (AvgIpc) is 2.41. The predicted octanol–water partition coefficient (Wildman–Crippen LogP) is 2.71. The van der Waals surface area contributed by atoms with Crippen LogP contribution < -0.4 is 5.73 Å². The molecule has 0 aliphatic rings. The number of aromatic nitrogens is 3. The summed E-state index contributed by atoms with van der Waals surface area (Å²) < 4.78 is 0. The standard InChI is InChI=1S/C11H12N4.C2H6/c1-2-8-6-14-10(7-13-8)9-4-3-5-11(12)15-9;1-2/h3-7H,2H2,1H3,(H2,12,15);1-2H3. The molecule has 0 aliphatic heterocycles. The van der Waals surface area contributed by atoms with Gasteiger partial charge in [0.15, 0.2) is 0 Å². The molecule has 0 atom stereocenters. The highest BCUT2D eigenvalue weighted by molar-refractivity contribution is 5.54. The summed E-state index contributed by atoms with van der Waals surface area (Å²) >= 11 is 0. The number of rotatable bonds is 2. The summed E-state index contributed by atoms with van der Waals surface area (Å²) in [5, 5.41) is 0. The zero-order chi connectivity index (χ0) is 12.7. The van der Waals surface area contributed by atoms with Gasteiger partial charge in [0.1, 0.15) is 11.5 Å². The van der Waals surface area contributed by atoms with E-state index in [1.54, 1.807) is 18.5 Å². The van der Waals surface area contributed by atoms with E-state index in [2.05, 4.69) is 15.0 Å². The first-order chi connectivity index (χ1) is 8.29. The van der Waals surface area contributed by atoms with E-state index in [-0.39, 0.29) is 0 Å². The van der Waals surface area contributed by atoms with Crippen LogP contribution in [0.4, 0.5) is 5.82 Å². The summed E-state index contributed by atoms with van der Waals surface area (Å²) in [5.74, 6) is 0.494. The average molecular weight is 230 g/mol. The van der Waals surface area contributed by atoms with Gasteiger partial charge in [-0.1, -0.05) is 26.8 Å². The number of hydrogen-bond acceptors (Lipinski definition) is 4. The van der Waals surface area contributed by atoms with Crippen molar-refractivity contribution < 1.29 is 0 Å². The van der Waals surface area contributed by atoms with E-state index in [1.807, 2.05) is 32.9 Å². The SMILES string of the molecule is CC.CCc1cnc(-c2cccc(N)n2)cn1. The van der Waals surface area contributed by atoms with Crippen LogP contribution in [0, 0.1) is 0 Å². The lowest BCUT2D eigenvalue weighted by Gasteiger charge is -2.01. The summed E-state index contributed by atoms with van der Waals surface area (Å²) in [6.45, 7) is 6.04. The minimum absolute atomic E-state index is 0.494. The van der Waals surface area contributed by atoms with Crippen LogP contribution in [0.1, 0.15) is 26.5 Å². The molecule has 90 valence electrons. The fourth-order valence-corrected chi connectivity index (χ4v) is 1.26. The van der Waals surface area contributed by atoms with Crippen LogP contribution in [-0.2, 0) is 6.42 Å². The monoisotopic (exact) mass is 230 g/mol. The molecule has 4 heteroatoms. The molecule has 0 aromatic carbocycles. The molecule has 0 spiro atoms. The summed E-state index contributed by atoms with van der Waals surface area (Å²) in [6, 6.07) is 5.47. The molecule has 0 fully saturated rings. The summed E-state index contributed by atoms with van der Waals surface area (Å²) in [5.41, 5.74) is 8.07. The molecule has 2 rings (SSSR count). The normalized spacial score (nSPS) is 9.35. The molecule has 0 unspecified atom stereocenters. The Bertz CT molecular complexity index is 451. The van der Waals surface area contributed by atoms with Crippen molar-refractivity contribution >= 4 is 5.82 Å². The Morgan fingerprint density at radius 3 is 2.35 bits per heavy atom. The zero-order valence-corrected chi connectivity index (χ0v) is 10.5. The highest BCUT2D eigenvalue weighted by Gasteiger charge is 2.01. The Labute approximate surface area is 102 Å². The molecule has 0 bridgehead atoms. The van der Waals surface area contributed by atoms with Gasteiger partial charge in [-0.05, 0) is 18.6 Å². The number of pyridine rings is 1. The first-order valence-electron chi connectivity index (χ1n) is 5.83. The maximum absolute atomic E-state index is 5.59. The van der Waals surface area contributed by atoms with Crippen molar-refractivity contribution in [2.24, 2.45) is 0 Å².